The molecule has 1 aromatic carbocycles. The second kappa shape index (κ2) is 7.44. The molecular weight excluding hydrogens is 314 g/mol. The van der Waals surface area contributed by atoms with Crippen LogP contribution >= 0.6 is 0 Å². The van der Waals surface area contributed by atoms with Crippen molar-refractivity contribution in [2.75, 3.05) is 39.3 Å². The number of aliphatic hydroxyl groups is 1. The first-order valence-electron chi connectivity index (χ1n) is 9.72. The number of amides is 1. The Balaban J connectivity index is 1.20. The molecular formula is C20H29N3O2. The average molecular weight is 343 g/mol. The van der Waals surface area contributed by atoms with Crippen molar-refractivity contribution in [2.24, 2.45) is 5.92 Å². The van der Waals surface area contributed by atoms with Gasteiger partial charge in [-0.3, -0.25) is 14.6 Å². The van der Waals surface area contributed by atoms with E-state index in [1.165, 1.54) is 12.0 Å². The van der Waals surface area contributed by atoms with Gasteiger partial charge in [0, 0.05) is 51.2 Å². The topological polar surface area (TPSA) is 55.8 Å². The summed E-state index contributed by atoms with van der Waals surface area (Å²) in [6, 6.07) is 8.49. The van der Waals surface area contributed by atoms with Crippen LogP contribution in [0, 0.1) is 5.92 Å². The molecule has 0 aromatic heterocycles. The van der Waals surface area contributed by atoms with E-state index in [9.17, 15) is 9.90 Å². The minimum Gasteiger partial charge on any atom is -0.387 e. The second-order valence-corrected chi connectivity index (χ2v) is 7.71. The standard InChI is InChI=1S/C20H29N3O2/c24-19-17-7-2-1-4-16(17)14-18(19)23-12-10-22(11-13-23)9-8-21-20(25)15-5-3-6-15/h1-2,4,7,15,18-19,24H,3,5-6,8-14H2,(H,21,25)/t18-,19+/m0/s1. The highest BCUT2D eigenvalue weighted by atomic mass is 16.3. The lowest BCUT2D eigenvalue weighted by molar-refractivity contribution is -0.127. The Bertz CT molecular complexity index is 609. The van der Waals surface area contributed by atoms with Gasteiger partial charge in [0.2, 0.25) is 5.91 Å². The first-order valence-corrected chi connectivity index (χ1v) is 9.72. The van der Waals surface area contributed by atoms with Crippen LogP contribution in [0.1, 0.15) is 36.5 Å². The molecule has 2 N–H and O–H groups in total. The van der Waals surface area contributed by atoms with Crippen molar-refractivity contribution >= 4 is 5.91 Å². The molecule has 1 aliphatic heterocycles. The monoisotopic (exact) mass is 343 g/mol. The Morgan fingerprint density at radius 1 is 1.16 bits per heavy atom. The van der Waals surface area contributed by atoms with Crippen LogP contribution in [0.15, 0.2) is 24.3 Å². The van der Waals surface area contributed by atoms with Crippen LogP contribution in [0.2, 0.25) is 0 Å². The first-order chi connectivity index (χ1) is 12.2. The lowest BCUT2D eigenvalue weighted by Crippen LogP contribution is -2.52. The molecule has 1 saturated carbocycles. The van der Waals surface area contributed by atoms with Crippen LogP contribution in [0.5, 0.6) is 0 Å². The summed E-state index contributed by atoms with van der Waals surface area (Å²) in [4.78, 5) is 16.7. The molecule has 25 heavy (non-hydrogen) atoms. The van der Waals surface area contributed by atoms with Crippen molar-refractivity contribution in [3.05, 3.63) is 35.4 Å². The van der Waals surface area contributed by atoms with Gasteiger partial charge in [-0.05, 0) is 30.4 Å². The zero-order valence-corrected chi connectivity index (χ0v) is 14.9. The lowest BCUT2D eigenvalue weighted by atomic mass is 9.85. The van der Waals surface area contributed by atoms with Crippen LogP contribution in [0.25, 0.3) is 0 Å². The second-order valence-electron chi connectivity index (χ2n) is 7.71. The Morgan fingerprint density at radius 2 is 1.92 bits per heavy atom. The Hall–Kier alpha value is -1.43. The maximum atomic E-state index is 11.9. The number of rotatable bonds is 5. The molecule has 1 amide bonds. The molecule has 136 valence electrons. The summed E-state index contributed by atoms with van der Waals surface area (Å²) in [6.07, 6.45) is 3.93. The fourth-order valence-corrected chi connectivity index (χ4v) is 4.35. The van der Waals surface area contributed by atoms with E-state index in [1.807, 2.05) is 6.07 Å². The predicted octanol–water partition coefficient (Wildman–Crippen LogP) is 1.18. The summed E-state index contributed by atoms with van der Waals surface area (Å²) < 4.78 is 0. The third-order valence-electron chi connectivity index (χ3n) is 6.25. The van der Waals surface area contributed by atoms with Crippen molar-refractivity contribution < 1.29 is 9.90 Å². The van der Waals surface area contributed by atoms with E-state index in [0.717, 1.165) is 64.1 Å². The molecule has 2 atom stereocenters. The number of carbonyl (C=O) groups is 1. The molecule has 5 nitrogen and oxygen atoms in total. The number of nitrogens with zero attached hydrogens (tertiary/aromatic N) is 2. The Morgan fingerprint density at radius 3 is 2.60 bits per heavy atom. The smallest absolute Gasteiger partial charge is 0.223 e. The lowest BCUT2D eigenvalue weighted by Gasteiger charge is -2.39. The van der Waals surface area contributed by atoms with E-state index in [4.69, 9.17) is 0 Å². The molecule has 1 heterocycles. The summed E-state index contributed by atoms with van der Waals surface area (Å²) in [5, 5.41) is 13.7. The number of carbonyl (C=O) groups excluding carboxylic acids is 1. The molecule has 0 bridgehead atoms. The van der Waals surface area contributed by atoms with Gasteiger partial charge in [-0.15, -0.1) is 0 Å². The number of hydrogen-bond acceptors (Lipinski definition) is 4. The fourth-order valence-electron chi connectivity index (χ4n) is 4.35. The number of hydrogen-bond donors (Lipinski definition) is 2. The molecule has 1 saturated heterocycles. The van der Waals surface area contributed by atoms with Gasteiger partial charge >= 0.3 is 0 Å². The molecule has 0 spiro atoms. The third-order valence-corrected chi connectivity index (χ3v) is 6.25. The molecule has 5 heteroatoms. The van der Waals surface area contributed by atoms with Gasteiger partial charge < -0.3 is 10.4 Å². The van der Waals surface area contributed by atoms with Gasteiger partial charge in [0.1, 0.15) is 0 Å². The molecule has 1 aromatic rings. The van der Waals surface area contributed by atoms with Crippen LogP contribution in [-0.4, -0.2) is 66.1 Å². The minimum absolute atomic E-state index is 0.220. The SMILES string of the molecule is O=C(NCCN1CCN([C@H]2Cc3ccccc3[C@H]2O)CC1)C1CCC1. The van der Waals surface area contributed by atoms with E-state index in [1.54, 1.807) is 0 Å². The number of piperazine rings is 1. The van der Waals surface area contributed by atoms with Crippen LogP contribution in [-0.2, 0) is 11.2 Å². The van der Waals surface area contributed by atoms with Crippen LogP contribution in [0.3, 0.4) is 0 Å². The Labute approximate surface area is 150 Å². The quantitative estimate of drug-likeness (QED) is 0.843. The van der Waals surface area contributed by atoms with Crippen molar-refractivity contribution in [3.63, 3.8) is 0 Å². The Kier molecular flexibility index (Phi) is 5.06. The predicted molar refractivity (Wildman–Crippen MR) is 97.3 cm³/mol. The van der Waals surface area contributed by atoms with Crippen molar-refractivity contribution in [1.82, 2.24) is 15.1 Å². The first kappa shape index (κ1) is 17.0. The van der Waals surface area contributed by atoms with E-state index in [-0.39, 0.29) is 24.0 Å². The zero-order valence-electron chi connectivity index (χ0n) is 14.9. The number of nitrogens with one attached hydrogen (secondary N) is 1. The zero-order chi connectivity index (χ0) is 17.2. The van der Waals surface area contributed by atoms with Crippen molar-refractivity contribution in [3.8, 4) is 0 Å². The maximum Gasteiger partial charge on any atom is 0.223 e. The molecule has 3 aliphatic rings. The highest BCUT2D eigenvalue weighted by Crippen LogP contribution is 2.34. The van der Waals surface area contributed by atoms with Gasteiger partial charge in [-0.1, -0.05) is 30.7 Å². The summed E-state index contributed by atoms with van der Waals surface area (Å²) in [7, 11) is 0. The van der Waals surface area contributed by atoms with E-state index < -0.39 is 0 Å². The van der Waals surface area contributed by atoms with Crippen molar-refractivity contribution in [2.45, 2.75) is 37.8 Å². The average Bonchev–Trinajstić information content (AvgIpc) is 2.91. The van der Waals surface area contributed by atoms with Gasteiger partial charge in [-0.25, -0.2) is 0 Å². The fraction of sp³-hybridized carbons (Fsp3) is 0.650. The van der Waals surface area contributed by atoms with Crippen molar-refractivity contribution in [1.29, 1.82) is 0 Å². The number of fused-ring (bicyclic) bond motifs is 1. The molecule has 2 fully saturated rings. The van der Waals surface area contributed by atoms with Crippen LogP contribution < -0.4 is 5.32 Å². The summed E-state index contributed by atoms with van der Waals surface area (Å²) in [5.41, 5.74) is 2.40. The summed E-state index contributed by atoms with van der Waals surface area (Å²) in [6.45, 7) is 5.70. The number of aliphatic hydroxyl groups excluding tert-OH is 1. The highest BCUT2D eigenvalue weighted by molar-refractivity contribution is 5.79. The summed E-state index contributed by atoms with van der Waals surface area (Å²) >= 11 is 0. The third kappa shape index (κ3) is 3.59. The number of benzene rings is 1. The maximum absolute atomic E-state index is 11.9. The van der Waals surface area contributed by atoms with Crippen LogP contribution in [0.4, 0.5) is 0 Å². The largest absolute Gasteiger partial charge is 0.387 e. The van der Waals surface area contributed by atoms with E-state index in [2.05, 4.69) is 33.3 Å². The van der Waals surface area contributed by atoms with Gasteiger partial charge in [0.15, 0.2) is 0 Å². The minimum atomic E-state index is -0.357. The highest BCUT2D eigenvalue weighted by Gasteiger charge is 2.36. The molecule has 2 aliphatic carbocycles. The van der Waals surface area contributed by atoms with Gasteiger partial charge in [0.05, 0.1) is 6.10 Å². The van der Waals surface area contributed by atoms with E-state index >= 15 is 0 Å². The van der Waals surface area contributed by atoms with Gasteiger partial charge in [0.25, 0.3) is 0 Å². The van der Waals surface area contributed by atoms with E-state index in [0.29, 0.717) is 0 Å². The molecule has 0 unspecified atom stereocenters. The van der Waals surface area contributed by atoms with Gasteiger partial charge in [-0.2, -0.15) is 0 Å². The molecule has 0 radical (unpaired) electrons. The molecule has 4 rings (SSSR count). The summed E-state index contributed by atoms with van der Waals surface area (Å²) in [5.74, 6) is 0.527. The normalized spacial score (nSPS) is 27.7.